The number of hydrogen-bond donors (Lipinski definition) is 2. The van der Waals surface area contributed by atoms with E-state index < -0.39 is 10.0 Å². The van der Waals surface area contributed by atoms with E-state index in [0.717, 1.165) is 18.4 Å². The lowest BCUT2D eigenvalue weighted by Gasteiger charge is -2.17. The van der Waals surface area contributed by atoms with Gasteiger partial charge in [0.15, 0.2) is 0 Å². The van der Waals surface area contributed by atoms with E-state index in [1.165, 1.54) is 6.07 Å². The Morgan fingerprint density at radius 2 is 2.24 bits per heavy atom. The molecule has 1 aliphatic heterocycles. The third-order valence-electron chi connectivity index (χ3n) is 3.81. The first kappa shape index (κ1) is 16.7. The number of hydrogen-bond acceptors (Lipinski definition) is 4. The van der Waals surface area contributed by atoms with Crippen LogP contribution in [0.2, 0.25) is 5.02 Å². The molecule has 0 saturated carbocycles. The van der Waals surface area contributed by atoms with Crippen LogP contribution in [-0.2, 0) is 21.3 Å². The molecule has 5 nitrogen and oxygen atoms in total. The zero-order valence-electron chi connectivity index (χ0n) is 12.0. The van der Waals surface area contributed by atoms with Crippen LogP contribution in [0.5, 0.6) is 0 Å². The van der Waals surface area contributed by atoms with Gasteiger partial charge in [0, 0.05) is 25.6 Å². The monoisotopic (exact) mass is 332 g/mol. The molecule has 3 N–H and O–H groups in total. The Labute approximate surface area is 130 Å². The molecule has 2 atom stereocenters. The molecule has 1 aromatic carbocycles. The van der Waals surface area contributed by atoms with Crippen molar-refractivity contribution in [3.05, 3.63) is 28.8 Å². The first-order valence-corrected chi connectivity index (χ1v) is 8.93. The van der Waals surface area contributed by atoms with Gasteiger partial charge in [0.1, 0.15) is 4.90 Å². The van der Waals surface area contributed by atoms with Crippen molar-refractivity contribution >= 4 is 21.6 Å². The normalized spacial score (nSPS) is 22.6. The van der Waals surface area contributed by atoms with Crippen molar-refractivity contribution in [1.82, 2.24) is 4.72 Å². The molecule has 2 rings (SSSR count). The summed E-state index contributed by atoms with van der Waals surface area (Å²) in [5.41, 5.74) is 6.28. The van der Waals surface area contributed by atoms with E-state index in [1.807, 2.05) is 6.92 Å². The molecule has 0 amide bonds. The highest BCUT2D eigenvalue weighted by atomic mass is 35.5. The SMILES string of the molecule is CCC1OCCC1CNS(=O)(=O)c1cc(CN)ccc1Cl. The average molecular weight is 333 g/mol. The van der Waals surface area contributed by atoms with Crippen LogP contribution in [0, 0.1) is 5.92 Å². The predicted octanol–water partition coefficient (Wildman–Crippen LogP) is 1.89. The first-order chi connectivity index (χ1) is 9.97. The molecule has 7 heteroatoms. The predicted molar refractivity (Wildman–Crippen MR) is 82.7 cm³/mol. The van der Waals surface area contributed by atoms with E-state index in [2.05, 4.69) is 4.72 Å². The Hall–Kier alpha value is -0.660. The minimum atomic E-state index is -3.64. The lowest BCUT2D eigenvalue weighted by atomic mass is 10.0. The molecule has 2 unspecified atom stereocenters. The van der Waals surface area contributed by atoms with Gasteiger partial charge in [-0.05, 0) is 30.5 Å². The van der Waals surface area contributed by atoms with Crippen LogP contribution in [0.25, 0.3) is 0 Å². The fraction of sp³-hybridized carbons (Fsp3) is 0.571. The van der Waals surface area contributed by atoms with Gasteiger partial charge in [0.05, 0.1) is 11.1 Å². The molecular formula is C14H21ClN2O3S. The minimum Gasteiger partial charge on any atom is -0.378 e. The summed E-state index contributed by atoms with van der Waals surface area (Å²) >= 11 is 6.00. The van der Waals surface area contributed by atoms with Crippen LogP contribution in [0.15, 0.2) is 23.1 Å². The van der Waals surface area contributed by atoms with Gasteiger partial charge in [-0.2, -0.15) is 0 Å². The number of halogens is 1. The van der Waals surface area contributed by atoms with E-state index in [-0.39, 0.29) is 28.5 Å². The van der Waals surface area contributed by atoms with Crippen LogP contribution in [-0.4, -0.2) is 27.7 Å². The summed E-state index contributed by atoms with van der Waals surface area (Å²) in [5, 5.41) is 0.203. The summed E-state index contributed by atoms with van der Waals surface area (Å²) in [6.45, 7) is 3.37. The second-order valence-corrected chi connectivity index (χ2v) is 7.33. The van der Waals surface area contributed by atoms with Crippen LogP contribution in [0.3, 0.4) is 0 Å². The Balaban J connectivity index is 2.11. The third kappa shape index (κ3) is 3.96. The van der Waals surface area contributed by atoms with E-state index in [4.69, 9.17) is 22.1 Å². The van der Waals surface area contributed by atoms with Crippen molar-refractivity contribution in [2.75, 3.05) is 13.2 Å². The van der Waals surface area contributed by atoms with Gasteiger partial charge >= 0.3 is 0 Å². The summed E-state index contributed by atoms with van der Waals surface area (Å²) in [6.07, 6.45) is 1.88. The van der Waals surface area contributed by atoms with Gasteiger partial charge in [-0.3, -0.25) is 0 Å². The molecule has 21 heavy (non-hydrogen) atoms. The number of nitrogens with one attached hydrogen (secondary N) is 1. The standard InChI is InChI=1S/C14H21ClN2O3S/c1-2-13-11(5-6-20-13)9-17-21(18,19)14-7-10(8-16)3-4-12(14)15/h3-4,7,11,13,17H,2,5-6,8-9,16H2,1H3. The highest BCUT2D eigenvalue weighted by Gasteiger charge is 2.28. The maximum absolute atomic E-state index is 12.4. The van der Waals surface area contributed by atoms with Crippen LogP contribution < -0.4 is 10.5 Å². The quantitative estimate of drug-likeness (QED) is 0.833. The molecule has 1 aliphatic rings. The molecule has 1 aromatic rings. The molecule has 118 valence electrons. The van der Waals surface area contributed by atoms with Gasteiger partial charge in [-0.15, -0.1) is 0 Å². The van der Waals surface area contributed by atoms with Gasteiger partial charge in [-0.1, -0.05) is 24.6 Å². The average Bonchev–Trinajstić information content (AvgIpc) is 2.93. The zero-order chi connectivity index (χ0) is 15.5. The third-order valence-corrected chi connectivity index (χ3v) is 5.71. The van der Waals surface area contributed by atoms with E-state index >= 15 is 0 Å². The fourth-order valence-electron chi connectivity index (χ4n) is 2.55. The van der Waals surface area contributed by atoms with E-state index in [0.29, 0.717) is 13.2 Å². The Morgan fingerprint density at radius 1 is 1.48 bits per heavy atom. The maximum atomic E-state index is 12.4. The number of nitrogens with two attached hydrogens (primary N) is 1. The summed E-state index contributed by atoms with van der Waals surface area (Å²) < 4.78 is 33.0. The highest BCUT2D eigenvalue weighted by molar-refractivity contribution is 7.89. The molecule has 1 saturated heterocycles. The number of sulfonamides is 1. The molecule has 1 fully saturated rings. The highest BCUT2D eigenvalue weighted by Crippen LogP contribution is 2.25. The summed E-state index contributed by atoms with van der Waals surface area (Å²) in [4.78, 5) is 0.0825. The summed E-state index contributed by atoms with van der Waals surface area (Å²) in [5.74, 6) is 0.209. The number of benzene rings is 1. The summed E-state index contributed by atoms with van der Waals surface area (Å²) in [6, 6.07) is 4.80. The molecular weight excluding hydrogens is 312 g/mol. The number of rotatable bonds is 6. The van der Waals surface area contributed by atoms with Gasteiger partial charge < -0.3 is 10.5 Å². The van der Waals surface area contributed by atoms with Crippen molar-refractivity contribution in [2.45, 2.75) is 37.3 Å². The van der Waals surface area contributed by atoms with E-state index in [9.17, 15) is 8.42 Å². The van der Waals surface area contributed by atoms with Crippen molar-refractivity contribution < 1.29 is 13.2 Å². The molecule has 0 bridgehead atoms. The van der Waals surface area contributed by atoms with Gasteiger partial charge in [0.2, 0.25) is 10.0 Å². The Bertz CT molecular complexity index is 592. The second-order valence-electron chi connectivity index (χ2n) is 5.19. The minimum absolute atomic E-state index is 0.0825. The first-order valence-electron chi connectivity index (χ1n) is 7.07. The van der Waals surface area contributed by atoms with Crippen molar-refractivity contribution in [3.8, 4) is 0 Å². The molecule has 0 aromatic heterocycles. The Kier molecular flexibility index (Phi) is 5.62. The largest absolute Gasteiger partial charge is 0.378 e. The van der Waals surface area contributed by atoms with Crippen molar-refractivity contribution in [1.29, 1.82) is 0 Å². The zero-order valence-corrected chi connectivity index (χ0v) is 13.6. The molecule has 1 heterocycles. The Morgan fingerprint density at radius 3 is 2.90 bits per heavy atom. The number of ether oxygens (including phenoxy) is 1. The fourth-order valence-corrected chi connectivity index (χ4v) is 4.20. The lowest BCUT2D eigenvalue weighted by Crippen LogP contribution is -2.33. The lowest BCUT2D eigenvalue weighted by molar-refractivity contribution is 0.0884. The molecule has 0 spiro atoms. The summed E-state index contributed by atoms with van der Waals surface area (Å²) in [7, 11) is -3.64. The van der Waals surface area contributed by atoms with E-state index in [1.54, 1.807) is 12.1 Å². The van der Waals surface area contributed by atoms with Crippen LogP contribution in [0.1, 0.15) is 25.3 Å². The van der Waals surface area contributed by atoms with Crippen molar-refractivity contribution in [3.63, 3.8) is 0 Å². The van der Waals surface area contributed by atoms with Crippen LogP contribution >= 0.6 is 11.6 Å². The second kappa shape index (κ2) is 7.07. The van der Waals surface area contributed by atoms with Crippen LogP contribution in [0.4, 0.5) is 0 Å². The molecule has 0 radical (unpaired) electrons. The van der Waals surface area contributed by atoms with Gasteiger partial charge in [-0.25, -0.2) is 13.1 Å². The van der Waals surface area contributed by atoms with Crippen molar-refractivity contribution in [2.24, 2.45) is 11.7 Å². The van der Waals surface area contributed by atoms with Gasteiger partial charge in [0.25, 0.3) is 0 Å². The smallest absolute Gasteiger partial charge is 0.242 e. The topological polar surface area (TPSA) is 81.4 Å². The maximum Gasteiger partial charge on any atom is 0.242 e. The molecule has 0 aliphatic carbocycles.